The molecule has 0 spiro atoms. The van der Waals surface area contributed by atoms with Crippen molar-refractivity contribution in [3.05, 3.63) is 21.9 Å². The molecule has 0 fully saturated rings. The van der Waals surface area contributed by atoms with Crippen molar-refractivity contribution in [2.24, 2.45) is 0 Å². The predicted octanol–water partition coefficient (Wildman–Crippen LogP) is 2.97. The standard InChI is InChI=1S/C10H14OS/c1-8-6-7-12-10(8)5-3-4-9(2)11/h6-7H,3-5H2,1-2H3. The Labute approximate surface area is 77.4 Å². The first-order valence-corrected chi connectivity index (χ1v) is 5.10. The SMILES string of the molecule is CC(=O)CCCc1sccc1C. The summed E-state index contributed by atoms with van der Waals surface area (Å²) in [6.45, 7) is 3.78. The van der Waals surface area contributed by atoms with Gasteiger partial charge in [-0.3, -0.25) is 0 Å². The van der Waals surface area contributed by atoms with Crippen molar-refractivity contribution in [3.63, 3.8) is 0 Å². The van der Waals surface area contributed by atoms with E-state index in [2.05, 4.69) is 18.4 Å². The molecule has 0 aliphatic carbocycles. The molecule has 1 rings (SSSR count). The fourth-order valence-corrected chi connectivity index (χ4v) is 2.11. The molecular weight excluding hydrogens is 168 g/mol. The van der Waals surface area contributed by atoms with Gasteiger partial charge in [0.05, 0.1) is 0 Å². The van der Waals surface area contributed by atoms with Crippen LogP contribution in [0.5, 0.6) is 0 Å². The van der Waals surface area contributed by atoms with Crippen molar-refractivity contribution < 1.29 is 4.79 Å². The third kappa shape index (κ3) is 2.78. The lowest BCUT2D eigenvalue weighted by Gasteiger charge is -1.97. The van der Waals surface area contributed by atoms with E-state index >= 15 is 0 Å². The van der Waals surface area contributed by atoms with Crippen LogP contribution >= 0.6 is 11.3 Å². The number of ketones is 1. The summed E-state index contributed by atoms with van der Waals surface area (Å²) in [4.78, 5) is 12.1. The van der Waals surface area contributed by atoms with Gasteiger partial charge in [0.25, 0.3) is 0 Å². The average molecular weight is 182 g/mol. The Kier molecular flexibility index (Phi) is 3.48. The number of carbonyl (C=O) groups is 1. The van der Waals surface area contributed by atoms with Crippen LogP contribution in [-0.4, -0.2) is 5.78 Å². The number of hydrogen-bond acceptors (Lipinski definition) is 2. The molecule has 0 aliphatic rings. The van der Waals surface area contributed by atoms with Gasteiger partial charge in [0, 0.05) is 11.3 Å². The number of Topliss-reactive ketones (excluding diaryl/α,β-unsaturated/α-hetero) is 1. The van der Waals surface area contributed by atoms with Gasteiger partial charge in [-0.25, -0.2) is 0 Å². The summed E-state index contributed by atoms with van der Waals surface area (Å²) in [5, 5.41) is 2.11. The van der Waals surface area contributed by atoms with Crippen LogP contribution in [0.2, 0.25) is 0 Å². The molecule has 1 aromatic rings. The lowest BCUT2D eigenvalue weighted by molar-refractivity contribution is -0.117. The zero-order valence-corrected chi connectivity index (χ0v) is 8.41. The normalized spacial score (nSPS) is 10.2. The van der Waals surface area contributed by atoms with Crippen LogP contribution in [0.3, 0.4) is 0 Å². The molecule has 1 heterocycles. The van der Waals surface area contributed by atoms with Crippen molar-refractivity contribution in [1.82, 2.24) is 0 Å². The highest BCUT2D eigenvalue weighted by molar-refractivity contribution is 7.10. The van der Waals surface area contributed by atoms with E-state index in [0.29, 0.717) is 5.78 Å². The smallest absolute Gasteiger partial charge is 0.129 e. The van der Waals surface area contributed by atoms with E-state index in [4.69, 9.17) is 0 Å². The minimum absolute atomic E-state index is 0.296. The van der Waals surface area contributed by atoms with Gasteiger partial charge in [-0.05, 0) is 43.7 Å². The second-order valence-electron chi connectivity index (χ2n) is 3.08. The molecule has 0 radical (unpaired) electrons. The van der Waals surface area contributed by atoms with Gasteiger partial charge in [0.2, 0.25) is 0 Å². The summed E-state index contributed by atoms with van der Waals surface area (Å²) in [6, 6.07) is 2.13. The number of carbonyl (C=O) groups excluding carboxylic acids is 1. The molecule has 2 heteroatoms. The fourth-order valence-electron chi connectivity index (χ4n) is 1.16. The summed E-state index contributed by atoms with van der Waals surface area (Å²) >= 11 is 1.79. The Morgan fingerprint density at radius 3 is 2.83 bits per heavy atom. The van der Waals surface area contributed by atoms with Crippen molar-refractivity contribution in [1.29, 1.82) is 0 Å². The van der Waals surface area contributed by atoms with Gasteiger partial charge in [0.15, 0.2) is 0 Å². The van der Waals surface area contributed by atoms with E-state index in [1.807, 2.05) is 0 Å². The summed E-state index contributed by atoms with van der Waals surface area (Å²) < 4.78 is 0. The molecule has 12 heavy (non-hydrogen) atoms. The van der Waals surface area contributed by atoms with E-state index in [1.54, 1.807) is 18.3 Å². The average Bonchev–Trinajstić information content (AvgIpc) is 2.36. The molecule has 0 saturated heterocycles. The maximum Gasteiger partial charge on any atom is 0.129 e. The van der Waals surface area contributed by atoms with Crippen LogP contribution < -0.4 is 0 Å². The predicted molar refractivity (Wildman–Crippen MR) is 52.7 cm³/mol. The largest absolute Gasteiger partial charge is 0.300 e. The monoisotopic (exact) mass is 182 g/mol. The maximum atomic E-state index is 10.7. The molecule has 1 aromatic heterocycles. The number of hydrogen-bond donors (Lipinski definition) is 0. The maximum absolute atomic E-state index is 10.7. The highest BCUT2D eigenvalue weighted by atomic mass is 32.1. The van der Waals surface area contributed by atoms with Gasteiger partial charge in [-0.2, -0.15) is 0 Å². The summed E-state index contributed by atoms with van der Waals surface area (Å²) in [5.74, 6) is 0.296. The van der Waals surface area contributed by atoms with Gasteiger partial charge in [-0.15, -0.1) is 11.3 Å². The first-order chi connectivity index (χ1) is 5.70. The van der Waals surface area contributed by atoms with E-state index in [-0.39, 0.29) is 0 Å². The minimum Gasteiger partial charge on any atom is -0.300 e. The van der Waals surface area contributed by atoms with E-state index < -0.39 is 0 Å². The quantitative estimate of drug-likeness (QED) is 0.699. The van der Waals surface area contributed by atoms with E-state index in [0.717, 1.165) is 19.3 Å². The third-order valence-corrected chi connectivity index (χ3v) is 2.98. The first kappa shape index (κ1) is 9.46. The number of thiophene rings is 1. The zero-order chi connectivity index (χ0) is 8.97. The fraction of sp³-hybridized carbons (Fsp3) is 0.500. The summed E-state index contributed by atoms with van der Waals surface area (Å²) in [7, 11) is 0. The molecule has 0 aromatic carbocycles. The zero-order valence-electron chi connectivity index (χ0n) is 7.59. The van der Waals surface area contributed by atoms with Gasteiger partial charge in [0.1, 0.15) is 5.78 Å². The minimum atomic E-state index is 0.296. The number of rotatable bonds is 4. The van der Waals surface area contributed by atoms with Crippen molar-refractivity contribution in [3.8, 4) is 0 Å². The van der Waals surface area contributed by atoms with Crippen LogP contribution in [0.15, 0.2) is 11.4 Å². The molecule has 0 atom stereocenters. The molecule has 0 unspecified atom stereocenters. The van der Waals surface area contributed by atoms with Crippen molar-refractivity contribution >= 4 is 17.1 Å². The van der Waals surface area contributed by atoms with Gasteiger partial charge in [-0.1, -0.05) is 0 Å². The van der Waals surface area contributed by atoms with Gasteiger partial charge >= 0.3 is 0 Å². The molecular formula is C10H14OS. The Balaban J connectivity index is 2.33. The second-order valence-corrected chi connectivity index (χ2v) is 4.08. The van der Waals surface area contributed by atoms with Crippen LogP contribution in [0.25, 0.3) is 0 Å². The lowest BCUT2D eigenvalue weighted by atomic mass is 10.1. The molecule has 66 valence electrons. The van der Waals surface area contributed by atoms with Crippen LogP contribution in [0.4, 0.5) is 0 Å². The molecule has 0 amide bonds. The Hall–Kier alpha value is -0.630. The molecule has 1 nitrogen and oxygen atoms in total. The highest BCUT2D eigenvalue weighted by Crippen LogP contribution is 2.17. The van der Waals surface area contributed by atoms with E-state index in [9.17, 15) is 4.79 Å². The molecule has 0 N–H and O–H groups in total. The summed E-state index contributed by atoms with van der Waals surface area (Å²) in [5.41, 5.74) is 1.36. The number of aryl methyl sites for hydroxylation is 2. The van der Waals surface area contributed by atoms with Crippen LogP contribution in [-0.2, 0) is 11.2 Å². The third-order valence-electron chi connectivity index (χ3n) is 1.90. The Morgan fingerprint density at radius 2 is 2.33 bits per heavy atom. The Bertz CT molecular complexity index is 263. The molecule has 0 bridgehead atoms. The van der Waals surface area contributed by atoms with E-state index in [1.165, 1.54) is 10.4 Å². The second kappa shape index (κ2) is 4.41. The van der Waals surface area contributed by atoms with Crippen LogP contribution in [0, 0.1) is 6.92 Å². The van der Waals surface area contributed by atoms with Crippen molar-refractivity contribution in [2.75, 3.05) is 0 Å². The Morgan fingerprint density at radius 1 is 1.58 bits per heavy atom. The van der Waals surface area contributed by atoms with Crippen LogP contribution in [0.1, 0.15) is 30.2 Å². The summed E-state index contributed by atoms with van der Waals surface area (Å²) in [6.07, 6.45) is 2.77. The van der Waals surface area contributed by atoms with Gasteiger partial charge < -0.3 is 4.79 Å². The first-order valence-electron chi connectivity index (χ1n) is 4.22. The topological polar surface area (TPSA) is 17.1 Å². The highest BCUT2D eigenvalue weighted by Gasteiger charge is 2.00. The molecule has 0 aliphatic heterocycles. The van der Waals surface area contributed by atoms with Crippen molar-refractivity contribution in [2.45, 2.75) is 33.1 Å². The molecule has 0 saturated carbocycles. The lowest BCUT2D eigenvalue weighted by Crippen LogP contribution is -1.91.